The summed E-state index contributed by atoms with van der Waals surface area (Å²) in [6.45, 7) is 3.63. The van der Waals surface area contributed by atoms with E-state index < -0.39 is 0 Å². The van der Waals surface area contributed by atoms with Crippen LogP contribution in [0.3, 0.4) is 0 Å². The Balaban J connectivity index is 2.63. The number of aryl methyl sites for hydroxylation is 1. The quantitative estimate of drug-likeness (QED) is 0.723. The monoisotopic (exact) mass is 226 g/mol. The fraction of sp³-hybridized carbons (Fsp3) is 0.600. The van der Waals surface area contributed by atoms with E-state index in [2.05, 4.69) is 5.10 Å². The molecule has 0 aromatic carbocycles. The zero-order valence-corrected chi connectivity index (χ0v) is 9.93. The SMILES string of the molecule is CCOCCN(C)C(=O)c1c(N)cnn1C. The summed E-state index contributed by atoms with van der Waals surface area (Å²) in [6.07, 6.45) is 1.48. The number of carbonyl (C=O) groups excluding carboxylic acids is 1. The highest BCUT2D eigenvalue weighted by Crippen LogP contribution is 2.11. The van der Waals surface area contributed by atoms with Gasteiger partial charge in [0.05, 0.1) is 18.5 Å². The summed E-state index contributed by atoms with van der Waals surface area (Å²) >= 11 is 0. The van der Waals surface area contributed by atoms with Crippen molar-refractivity contribution >= 4 is 11.6 Å². The first-order valence-corrected chi connectivity index (χ1v) is 5.18. The molecule has 1 rings (SSSR count). The molecule has 0 bridgehead atoms. The summed E-state index contributed by atoms with van der Waals surface area (Å²) in [5.74, 6) is -0.141. The van der Waals surface area contributed by atoms with Crippen molar-refractivity contribution in [3.8, 4) is 0 Å². The standard InChI is InChI=1S/C10H18N4O2/c1-4-16-6-5-13(2)10(15)9-8(11)7-12-14(9)3/h7H,4-6,11H2,1-3H3. The average Bonchev–Trinajstić information content (AvgIpc) is 2.58. The number of nitrogens with zero attached hydrogens (tertiary/aromatic N) is 3. The third kappa shape index (κ3) is 2.73. The summed E-state index contributed by atoms with van der Waals surface area (Å²) in [6, 6.07) is 0. The summed E-state index contributed by atoms with van der Waals surface area (Å²) in [5.41, 5.74) is 6.49. The molecular weight excluding hydrogens is 208 g/mol. The molecule has 0 aliphatic carbocycles. The van der Waals surface area contributed by atoms with Crippen molar-refractivity contribution in [2.24, 2.45) is 7.05 Å². The molecular formula is C10H18N4O2. The van der Waals surface area contributed by atoms with Gasteiger partial charge in [0.1, 0.15) is 5.69 Å². The maximum atomic E-state index is 12.0. The lowest BCUT2D eigenvalue weighted by Gasteiger charge is -2.17. The maximum absolute atomic E-state index is 12.0. The third-order valence-electron chi connectivity index (χ3n) is 2.29. The number of amides is 1. The Bertz CT molecular complexity index is 342. The summed E-state index contributed by atoms with van der Waals surface area (Å²) in [4.78, 5) is 13.5. The smallest absolute Gasteiger partial charge is 0.274 e. The predicted molar refractivity (Wildman–Crippen MR) is 61.1 cm³/mol. The van der Waals surface area contributed by atoms with Crippen molar-refractivity contribution in [2.45, 2.75) is 6.92 Å². The number of nitrogens with two attached hydrogens (primary N) is 1. The molecule has 0 saturated heterocycles. The van der Waals surface area contributed by atoms with Crippen LogP contribution in [0.4, 0.5) is 5.69 Å². The van der Waals surface area contributed by atoms with E-state index in [9.17, 15) is 4.79 Å². The van der Waals surface area contributed by atoms with Gasteiger partial charge < -0.3 is 15.4 Å². The Hall–Kier alpha value is -1.56. The van der Waals surface area contributed by atoms with Crippen LogP contribution in [-0.4, -0.2) is 47.4 Å². The Morgan fingerprint density at radius 1 is 1.69 bits per heavy atom. The molecule has 0 aliphatic rings. The summed E-state index contributed by atoms with van der Waals surface area (Å²) < 4.78 is 6.67. The highest BCUT2D eigenvalue weighted by Gasteiger charge is 2.18. The van der Waals surface area contributed by atoms with Crippen LogP contribution in [0, 0.1) is 0 Å². The average molecular weight is 226 g/mol. The molecule has 0 unspecified atom stereocenters. The minimum atomic E-state index is -0.141. The lowest BCUT2D eigenvalue weighted by molar-refractivity contribution is 0.0701. The number of anilines is 1. The summed E-state index contributed by atoms with van der Waals surface area (Å²) in [5, 5.41) is 3.93. The van der Waals surface area contributed by atoms with Gasteiger partial charge in [-0.15, -0.1) is 0 Å². The number of likely N-dealkylation sites (N-methyl/N-ethyl adjacent to an activating group) is 1. The number of hydrogen-bond donors (Lipinski definition) is 1. The topological polar surface area (TPSA) is 73.4 Å². The molecule has 0 fully saturated rings. The second kappa shape index (κ2) is 5.50. The van der Waals surface area contributed by atoms with E-state index in [1.54, 1.807) is 19.0 Å². The van der Waals surface area contributed by atoms with E-state index in [0.717, 1.165) is 0 Å². The van der Waals surface area contributed by atoms with Gasteiger partial charge in [0.2, 0.25) is 0 Å². The highest BCUT2D eigenvalue weighted by molar-refractivity contribution is 5.97. The van der Waals surface area contributed by atoms with Crippen molar-refractivity contribution in [1.82, 2.24) is 14.7 Å². The molecule has 0 spiro atoms. The Morgan fingerprint density at radius 2 is 2.38 bits per heavy atom. The van der Waals surface area contributed by atoms with Crippen molar-refractivity contribution in [3.63, 3.8) is 0 Å². The number of ether oxygens (including phenoxy) is 1. The van der Waals surface area contributed by atoms with E-state index in [0.29, 0.717) is 31.1 Å². The zero-order valence-electron chi connectivity index (χ0n) is 9.93. The van der Waals surface area contributed by atoms with Gasteiger partial charge in [-0.25, -0.2) is 0 Å². The van der Waals surface area contributed by atoms with Gasteiger partial charge in [-0.2, -0.15) is 5.10 Å². The number of nitrogen functional groups attached to an aromatic ring is 1. The van der Waals surface area contributed by atoms with E-state index >= 15 is 0 Å². The number of hydrogen-bond acceptors (Lipinski definition) is 4. The van der Waals surface area contributed by atoms with Crippen molar-refractivity contribution in [2.75, 3.05) is 32.5 Å². The molecule has 0 saturated carbocycles. The molecule has 1 amide bonds. The van der Waals surface area contributed by atoms with Crippen LogP contribution < -0.4 is 5.73 Å². The number of rotatable bonds is 5. The van der Waals surface area contributed by atoms with Crippen molar-refractivity contribution < 1.29 is 9.53 Å². The van der Waals surface area contributed by atoms with Crippen LogP contribution in [0.5, 0.6) is 0 Å². The zero-order chi connectivity index (χ0) is 12.1. The van der Waals surface area contributed by atoms with E-state index in [4.69, 9.17) is 10.5 Å². The minimum absolute atomic E-state index is 0.141. The van der Waals surface area contributed by atoms with E-state index in [1.165, 1.54) is 10.9 Å². The second-order valence-electron chi connectivity index (χ2n) is 3.50. The van der Waals surface area contributed by atoms with Gasteiger partial charge >= 0.3 is 0 Å². The van der Waals surface area contributed by atoms with Gasteiger partial charge in [0.25, 0.3) is 5.91 Å². The molecule has 2 N–H and O–H groups in total. The molecule has 0 atom stereocenters. The molecule has 1 aromatic rings. The van der Waals surface area contributed by atoms with Gasteiger partial charge in [-0.05, 0) is 6.92 Å². The Labute approximate surface area is 95.0 Å². The Morgan fingerprint density at radius 3 is 2.88 bits per heavy atom. The van der Waals surface area contributed by atoms with Gasteiger partial charge in [-0.3, -0.25) is 9.48 Å². The van der Waals surface area contributed by atoms with Gasteiger partial charge in [0.15, 0.2) is 0 Å². The number of aromatic nitrogens is 2. The largest absolute Gasteiger partial charge is 0.396 e. The fourth-order valence-corrected chi connectivity index (χ4v) is 1.34. The van der Waals surface area contributed by atoms with Gasteiger partial charge in [0, 0.05) is 27.2 Å². The predicted octanol–water partition coefficient (Wildman–Crippen LogP) is 0.111. The summed E-state index contributed by atoms with van der Waals surface area (Å²) in [7, 11) is 3.41. The molecule has 0 radical (unpaired) electrons. The lowest BCUT2D eigenvalue weighted by atomic mass is 10.3. The minimum Gasteiger partial charge on any atom is -0.396 e. The van der Waals surface area contributed by atoms with Crippen LogP contribution >= 0.6 is 0 Å². The molecule has 1 heterocycles. The van der Waals surface area contributed by atoms with E-state index in [1.807, 2.05) is 6.92 Å². The molecule has 90 valence electrons. The van der Waals surface area contributed by atoms with Crippen LogP contribution in [0.25, 0.3) is 0 Å². The van der Waals surface area contributed by atoms with E-state index in [-0.39, 0.29) is 5.91 Å². The number of carbonyl (C=O) groups is 1. The highest BCUT2D eigenvalue weighted by atomic mass is 16.5. The molecule has 6 nitrogen and oxygen atoms in total. The molecule has 16 heavy (non-hydrogen) atoms. The first-order valence-electron chi connectivity index (χ1n) is 5.18. The van der Waals surface area contributed by atoms with Crippen LogP contribution in [0.15, 0.2) is 6.20 Å². The van der Waals surface area contributed by atoms with Crippen LogP contribution in [0.1, 0.15) is 17.4 Å². The van der Waals surface area contributed by atoms with Crippen LogP contribution in [-0.2, 0) is 11.8 Å². The van der Waals surface area contributed by atoms with Gasteiger partial charge in [-0.1, -0.05) is 0 Å². The maximum Gasteiger partial charge on any atom is 0.274 e. The third-order valence-corrected chi connectivity index (χ3v) is 2.29. The van der Waals surface area contributed by atoms with Crippen molar-refractivity contribution in [1.29, 1.82) is 0 Å². The lowest BCUT2D eigenvalue weighted by Crippen LogP contribution is -2.32. The van der Waals surface area contributed by atoms with Crippen molar-refractivity contribution in [3.05, 3.63) is 11.9 Å². The molecule has 6 heteroatoms. The second-order valence-corrected chi connectivity index (χ2v) is 3.50. The molecule has 0 aliphatic heterocycles. The fourth-order valence-electron chi connectivity index (χ4n) is 1.34. The van der Waals surface area contributed by atoms with Crippen LogP contribution in [0.2, 0.25) is 0 Å². The normalized spacial score (nSPS) is 10.4. The first kappa shape index (κ1) is 12.5. The first-order chi connectivity index (χ1) is 7.57. The molecule has 1 aromatic heterocycles. The Kier molecular flexibility index (Phi) is 4.30.